The van der Waals surface area contributed by atoms with E-state index >= 15 is 0 Å². The molecule has 142 valence electrons. The van der Waals surface area contributed by atoms with Gasteiger partial charge in [0.05, 0.1) is 24.4 Å². The van der Waals surface area contributed by atoms with Crippen LogP contribution in [-0.2, 0) is 11.2 Å². The monoisotopic (exact) mass is 369 g/mol. The van der Waals surface area contributed by atoms with Gasteiger partial charge in [-0.25, -0.2) is 9.78 Å². The molecule has 3 rings (SSSR count). The summed E-state index contributed by atoms with van der Waals surface area (Å²) in [5.74, 6) is 1.44. The van der Waals surface area contributed by atoms with Crippen molar-refractivity contribution in [1.29, 1.82) is 5.26 Å². The second kappa shape index (κ2) is 8.49. The van der Waals surface area contributed by atoms with Crippen LogP contribution in [0.25, 0.3) is 0 Å². The highest BCUT2D eigenvalue weighted by atomic mass is 16.6. The van der Waals surface area contributed by atoms with Crippen molar-refractivity contribution in [3.8, 4) is 6.07 Å². The molecule has 1 aliphatic rings. The van der Waals surface area contributed by atoms with Crippen molar-refractivity contribution in [3.63, 3.8) is 0 Å². The van der Waals surface area contributed by atoms with Gasteiger partial charge >= 0.3 is 6.09 Å². The third-order valence-corrected chi connectivity index (χ3v) is 4.30. The molecule has 0 bridgehead atoms. The average Bonchev–Trinajstić information content (AvgIpc) is 3.24. The topological polar surface area (TPSA) is 129 Å². The summed E-state index contributed by atoms with van der Waals surface area (Å²) >= 11 is 0. The Hall–Kier alpha value is -3.15. The number of nitriles is 1. The number of rotatable bonds is 6. The minimum Gasteiger partial charge on any atom is -0.446 e. The van der Waals surface area contributed by atoms with Gasteiger partial charge in [0.15, 0.2) is 5.82 Å². The minimum absolute atomic E-state index is 0.0608. The molecule has 3 N–H and O–H groups in total. The molecule has 9 heteroatoms. The molecule has 1 amide bonds. The van der Waals surface area contributed by atoms with Crippen LogP contribution in [-0.4, -0.2) is 38.4 Å². The first-order valence-electron chi connectivity index (χ1n) is 9.01. The normalized spacial score (nSPS) is 18.9. The Kier molecular flexibility index (Phi) is 5.86. The molecular formula is C18H23N7O2. The first kappa shape index (κ1) is 18.6. The number of alkyl carbamates (subject to hydrolysis) is 1. The number of anilines is 2. The molecule has 2 atom stereocenters. The van der Waals surface area contributed by atoms with Crippen LogP contribution in [0.15, 0.2) is 18.5 Å². The van der Waals surface area contributed by atoms with Crippen LogP contribution in [0.2, 0.25) is 0 Å². The molecule has 0 aromatic carbocycles. The van der Waals surface area contributed by atoms with Gasteiger partial charge in [-0.05, 0) is 33.1 Å². The fraction of sp³-hybridized carbons (Fsp3) is 0.500. The summed E-state index contributed by atoms with van der Waals surface area (Å²) in [5, 5.41) is 21.9. The molecule has 2 aromatic heterocycles. The Morgan fingerprint density at radius 2 is 2.26 bits per heavy atom. The van der Waals surface area contributed by atoms with Crippen molar-refractivity contribution in [2.24, 2.45) is 0 Å². The first-order chi connectivity index (χ1) is 13.0. The number of hydrogen-bond acceptors (Lipinski definition) is 7. The van der Waals surface area contributed by atoms with E-state index in [0.29, 0.717) is 17.3 Å². The van der Waals surface area contributed by atoms with Crippen molar-refractivity contribution in [1.82, 2.24) is 25.5 Å². The van der Waals surface area contributed by atoms with Gasteiger partial charge in [-0.1, -0.05) is 0 Å². The van der Waals surface area contributed by atoms with Gasteiger partial charge < -0.3 is 15.4 Å². The van der Waals surface area contributed by atoms with E-state index in [1.165, 1.54) is 0 Å². The third-order valence-electron chi connectivity index (χ3n) is 4.30. The van der Waals surface area contributed by atoms with Gasteiger partial charge in [0, 0.05) is 29.9 Å². The standard InChI is InChI=1S/C18H23N7O2/c1-11(2)21-18(26)27-14-4-3-12(7-14)15-8-16(25-24-15)23-17-10-20-9-13(22-17)5-6-19/h8-12,14H,3-5,7H2,1-2H3,(H,21,26)(H2,22,23,24,25)/t12-,14+/m0/s1. The highest BCUT2D eigenvalue weighted by Gasteiger charge is 2.30. The lowest BCUT2D eigenvalue weighted by Crippen LogP contribution is -2.33. The third kappa shape index (κ3) is 5.17. The second-order valence-electron chi connectivity index (χ2n) is 6.90. The van der Waals surface area contributed by atoms with E-state index in [0.717, 1.165) is 25.0 Å². The molecule has 0 unspecified atom stereocenters. The van der Waals surface area contributed by atoms with Gasteiger partial charge in [-0.3, -0.25) is 10.1 Å². The number of carbonyl (C=O) groups excluding carboxylic acids is 1. The fourth-order valence-corrected chi connectivity index (χ4v) is 3.12. The van der Waals surface area contributed by atoms with Gasteiger partial charge in [0.2, 0.25) is 0 Å². The summed E-state index contributed by atoms with van der Waals surface area (Å²) in [4.78, 5) is 20.1. The molecular weight excluding hydrogens is 346 g/mol. The fourth-order valence-electron chi connectivity index (χ4n) is 3.12. The number of nitrogens with zero attached hydrogens (tertiary/aromatic N) is 4. The van der Waals surface area contributed by atoms with Crippen molar-refractivity contribution < 1.29 is 9.53 Å². The van der Waals surface area contributed by atoms with Crippen LogP contribution in [0.1, 0.15) is 50.4 Å². The predicted octanol–water partition coefficient (Wildman–Crippen LogP) is 2.78. The lowest BCUT2D eigenvalue weighted by molar-refractivity contribution is 0.0981. The molecule has 0 spiro atoms. The largest absolute Gasteiger partial charge is 0.446 e. The molecule has 0 aliphatic heterocycles. The Labute approximate surface area is 157 Å². The van der Waals surface area contributed by atoms with Crippen molar-refractivity contribution in [2.75, 3.05) is 5.32 Å². The summed E-state index contributed by atoms with van der Waals surface area (Å²) in [6.07, 6.45) is 5.45. The summed E-state index contributed by atoms with van der Waals surface area (Å²) in [7, 11) is 0. The van der Waals surface area contributed by atoms with Crippen LogP contribution >= 0.6 is 0 Å². The second-order valence-corrected chi connectivity index (χ2v) is 6.90. The number of ether oxygens (including phenoxy) is 1. The zero-order valence-corrected chi connectivity index (χ0v) is 15.4. The maximum absolute atomic E-state index is 11.7. The molecule has 2 aromatic rings. The first-order valence-corrected chi connectivity index (χ1v) is 9.01. The quantitative estimate of drug-likeness (QED) is 0.714. The summed E-state index contributed by atoms with van der Waals surface area (Å²) in [6, 6.07) is 4.04. The number of H-pyrrole nitrogens is 1. The SMILES string of the molecule is CC(C)NC(=O)O[C@@H]1CC[C@H](c2cc(Nc3cncc(CC#N)n3)n[nH]2)C1. The smallest absolute Gasteiger partial charge is 0.407 e. The van der Waals surface area contributed by atoms with E-state index in [9.17, 15) is 4.79 Å². The van der Waals surface area contributed by atoms with Crippen molar-refractivity contribution in [3.05, 3.63) is 29.8 Å². The maximum Gasteiger partial charge on any atom is 0.407 e. The Bertz CT molecular complexity index is 827. The minimum atomic E-state index is -0.363. The van der Waals surface area contributed by atoms with Crippen molar-refractivity contribution >= 4 is 17.7 Å². The van der Waals surface area contributed by atoms with Crippen LogP contribution in [0, 0.1) is 11.3 Å². The Morgan fingerprint density at radius 3 is 3.04 bits per heavy atom. The molecule has 0 radical (unpaired) electrons. The summed E-state index contributed by atoms with van der Waals surface area (Å²) < 4.78 is 5.47. The molecule has 1 aliphatic carbocycles. The van der Waals surface area contributed by atoms with E-state index in [1.54, 1.807) is 12.4 Å². The Morgan fingerprint density at radius 1 is 1.41 bits per heavy atom. The van der Waals surface area contributed by atoms with Gasteiger partial charge in [0.1, 0.15) is 11.9 Å². The molecule has 27 heavy (non-hydrogen) atoms. The van der Waals surface area contributed by atoms with Crippen molar-refractivity contribution in [2.45, 2.75) is 57.6 Å². The predicted molar refractivity (Wildman–Crippen MR) is 98.4 cm³/mol. The van der Waals surface area contributed by atoms with E-state index in [1.807, 2.05) is 19.9 Å². The van der Waals surface area contributed by atoms with Crippen LogP contribution < -0.4 is 10.6 Å². The van der Waals surface area contributed by atoms with E-state index in [2.05, 4.69) is 36.9 Å². The average molecular weight is 369 g/mol. The van der Waals surface area contributed by atoms with E-state index in [4.69, 9.17) is 10.00 Å². The lowest BCUT2D eigenvalue weighted by atomic mass is 10.0. The highest BCUT2D eigenvalue weighted by Crippen LogP contribution is 2.36. The summed E-state index contributed by atoms with van der Waals surface area (Å²) in [6.45, 7) is 3.80. The zero-order chi connectivity index (χ0) is 19.2. The number of amides is 1. The molecule has 2 heterocycles. The van der Waals surface area contributed by atoms with Gasteiger partial charge in [-0.2, -0.15) is 10.4 Å². The molecule has 1 saturated carbocycles. The van der Waals surface area contributed by atoms with Crippen LogP contribution in [0.4, 0.5) is 16.4 Å². The number of aromatic amines is 1. The van der Waals surface area contributed by atoms with Crippen LogP contribution in [0.3, 0.4) is 0 Å². The van der Waals surface area contributed by atoms with E-state index in [-0.39, 0.29) is 30.6 Å². The zero-order valence-electron chi connectivity index (χ0n) is 15.4. The number of nitrogens with one attached hydrogen (secondary N) is 3. The lowest BCUT2D eigenvalue weighted by Gasteiger charge is -2.14. The number of hydrogen-bond donors (Lipinski definition) is 3. The molecule has 9 nitrogen and oxygen atoms in total. The maximum atomic E-state index is 11.7. The summed E-state index contributed by atoms with van der Waals surface area (Å²) in [5.41, 5.74) is 1.60. The van der Waals surface area contributed by atoms with E-state index < -0.39 is 0 Å². The van der Waals surface area contributed by atoms with Crippen LogP contribution in [0.5, 0.6) is 0 Å². The molecule has 1 fully saturated rings. The van der Waals surface area contributed by atoms with Gasteiger partial charge in [0.25, 0.3) is 0 Å². The molecule has 0 saturated heterocycles. The number of carbonyl (C=O) groups is 1. The van der Waals surface area contributed by atoms with Gasteiger partial charge in [-0.15, -0.1) is 0 Å². The highest BCUT2D eigenvalue weighted by molar-refractivity contribution is 5.67. The number of aromatic nitrogens is 4. The Balaban J connectivity index is 1.56.